The van der Waals surface area contributed by atoms with E-state index in [4.69, 9.17) is 10.8 Å². The van der Waals surface area contributed by atoms with Gasteiger partial charge in [0.05, 0.1) is 0 Å². The quantitative estimate of drug-likeness (QED) is 0.359. The number of hydrogen-bond acceptors (Lipinski definition) is 4. The van der Waals surface area contributed by atoms with Gasteiger partial charge in [-0.25, -0.2) is 0 Å². The molecule has 0 rings (SSSR count). The van der Waals surface area contributed by atoms with E-state index in [1.165, 1.54) is 0 Å². The van der Waals surface area contributed by atoms with Gasteiger partial charge in [-0.15, -0.1) is 0 Å². The Hall–Kier alpha value is -0.650. The zero-order valence-electron chi connectivity index (χ0n) is 9.30. The summed E-state index contributed by atoms with van der Waals surface area (Å²) in [7, 11) is 0. The minimum Gasteiger partial charge on any atom is -0.481 e. The second-order valence-electron chi connectivity index (χ2n) is 3.49. The van der Waals surface area contributed by atoms with Gasteiger partial charge in [-0.3, -0.25) is 4.79 Å². The molecular formula is C10H23N3O2. The monoisotopic (exact) mass is 217 g/mol. The summed E-state index contributed by atoms with van der Waals surface area (Å²) < 4.78 is 0. The molecule has 0 aromatic rings. The van der Waals surface area contributed by atoms with Crippen LogP contribution < -0.4 is 16.4 Å². The first-order valence-electron chi connectivity index (χ1n) is 5.60. The summed E-state index contributed by atoms with van der Waals surface area (Å²) in [6, 6.07) is 0. The maximum atomic E-state index is 10.2. The largest absolute Gasteiger partial charge is 0.481 e. The van der Waals surface area contributed by atoms with Crippen LogP contribution in [0.2, 0.25) is 0 Å². The summed E-state index contributed by atoms with van der Waals surface area (Å²) >= 11 is 0. The van der Waals surface area contributed by atoms with Crippen molar-refractivity contribution in [2.45, 2.75) is 25.7 Å². The van der Waals surface area contributed by atoms with E-state index < -0.39 is 5.97 Å². The molecule has 0 atom stereocenters. The number of carboxylic acid groups (broad SMARTS) is 1. The van der Waals surface area contributed by atoms with Crippen molar-refractivity contribution in [3.05, 3.63) is 0 Å². The van der Waals surface area contributed by atoms with E-state index in [0.29, 0.717) is 6.42 Å². The standard InChI is InChI=1S/C10H23N3O2/c11-5-2-7-13-9-3-8-12-6-1-4-10(14)15/h12-13H,1-9,11H2,(H,14,15). The molecule has 90 valence electrons. The first kappa shape index (κ1) is 14.3. The number of carbonyl (C=O) groups is 1. The predicted molar refractivity (Wildman–Crippen MR) is 60.9 cm³/mol. The van der Waals surface area contributed by atoms with E-state index in [-0.39, 0.29) is 6.42 Å². The fourth-order valence-corrected chi connectivity index (χ4v) is 1.18. The summed E-state index contributed by atoms with van der Waals surface area (Å²) in [5.41, 5.74) is 5.35. The van der Waals surface area contributed by atoms with Crippen LogP contribution in [0.15, 0.2) is 0 Å². The molecule has 0 aromatic carbocycles. The van der Waals surface area contributed by atoms with E-state index in [2.05, 4.69) is 10.6 Å². The number of nitrogens with one attached hydrogen (secondary N) is 2. The van der Waals surface area contributed by atoms with Crippen LogP contribution in [0.25, 0.3) is 0 Å². The summed E-state index contributed by atoms with van der Waals surface area (Å²) in [4.78, 5) is 10.2. The van der Waals surface area contributed by atoms with Crippen LogP contribution in [-0.2, 0) is 4.79 Å². The number of carboxylic acids is 1. The summed E-state index contributed by atoms with van der Waals surface area (Å²) in [6.45, 7) is 4.44. The lowest BCUT2D eigenvalue weighted by Gasteiger charge is -2.05. The first-order chi connectivity index (χ1) is 7.27. The van der Waals surface area contributed by atoms with Gasteiger partial charge in [-0.1, -0.05) is 0 Å². The molecule has 0 amide bonds. The molecule has 0 heterocycles. The third-order valence-corrected chi connectivity index (χ3v) is 2.01. The Bertz CT molecular complexity index is 154. The zero-order chi connectivity index (χ0) is 11.4. The summed E-state index contributed by atoms with van der Waals surface area (Å²) in [5.74, 6) is -0.722. The second kappa shape index (κ2) is 11.4. The van der Waals surface area contributed by atoms with Crippen molar-refractivity contribution in [1.82, 2.24) is 10.6 Å². The molecule has 5 N–H and O–H groups in total. The lowest BCUT2D eigenvalue weighted by Crippen LogP contribution is -2.24. The smallest absolute Gasteiger partial charge is 0.303 e. The molecular weight excluding hydrogens is 194 g/mol. The Morgan fingerprint density at radius 2 is 1.53 bits per heavy atom. The Morgan fingerprint density at radius 3 is 2.07 bits per heavy atom. The molecule has 0 aliphatic carbocycles. The summed E-state index contributed by atoms with van der Waals surface area (Å²) in [5, 5.41) is 14.9. The fraction of sp³-hybridized carbons (Fsp3) is 0.900. The van der Waals surface area contributed by atoms with E-state index in [9.17, 15) is 4.79 Å². The van der Waals surface area contributed by atoms with Gasteiger partial charge < -0.3 is 21.5 Å². The van der Waals surface area contributed by atoms with Crippen molar-refractivity contribution in [1.29, 1.82) is 0 Å². The molecule has 0 fully saturated rings. The van der Waals surface area contributed by atoms with Gasteiger partial charge in [-0.05, 0) is 52.0 Å². The third kappa shape index (κ3) is 13.3. The van der Waals surface area contributed by atoms with Crippen molar-refractivity contribution in [2.75, 3.05) is 32.7 Å². The van der Waals surface area contributed by atoms with Crippen LogP contribution in [0.5, 0.6) is 0 Å². The van der Waals surface area contributed by atoms with Crippen LogP contribution in [0.3, 0.4) is 0 Å². The van der Waals surface area contributed by atoms with Crippen LogP contribution in [0, 0.1) is 0 Å². The molecule has 5 nitrogen and oxygen atoms in total. The Labute approximate surface area is 91.4 Å². The van der Waals surface area contributed by atoms with Crippen LogP contribution in [0.1, 0.15) is 25.7 Å². The fourth-order valence-electron chi connectivity index (χ4n) is 1.18. The van der Waals surface area contributed by atoms with Gasteiger partial charge in [0.25, 0.3) is 0 Å². The van der Waals surface area contributed by atoms with Gasteiger partial charge in [-0.2, -0.15) is 0 Å². The number of aliphatic carboxylic acids is 1. The van der Waals surface area contributed by atoms with E-state index in [0.717, 1.165) is 45.6 Å². The normalized spacial score (nSPS) is 10.5. The van der Waals surface area contributed by atoms with E-state index in [1.807, 2.05) is 0 Å². The minimum atomic E-state index is -0.722. The third-order valence-electron chi connectivity index (χ3n) is 2.01. The second-order valence-corrected chi connectivity index (χ2v) is 3.49. The lowest BCUT2D eigenvalue weighted by atomic mass is 10.3. The van der Waals surface area contributed by atoms with Gasteiger partial charge in [0.15, 0.2) is 0 Å². The van der Waals surface area contributed by atoms with Crippen LogP contribution in [0.4, 0.5) is 0 Å². The molecule has 0 aliphatic heterocycles. The molecule has 0 aromatic heterocycles. The summed E-state index contributed by atoms with van der Waals surface area (Å²) in [6.07, 6.45) is 3.04. The number of rotatable bonds is 11. The maximum absolute atomic E-state index is 10.2. The molecule has 0 unspecified atom stereocenters. The number of nitrogens with two attached hydrogens (primary N) is 1. The molecule has 0 bridgehead atoms. The molecule has 0 saturated heterocycles. The molecule has 0 aliphatic rings. The molecule has 5 heteroatoms. The highest BCUT2D eigenvalue weighted by Gasteiger charge is 1.95. The Kier molecular flexibility index (Phi) is 10.9. The minimum absolute atomic E-state index is 0.252. The lowest BCUT2D eigenvalue weighted by molar-refractivity contribution is -0.137. The first-order valence-corrected chi connectivity index (χ1v) is 5.60. The number of hydrogen-bond donors (Lipinski definition) is 4. The predicted octanol–water partition coefficient (Wildman–Crippen LogP) is -0.231. The molecule has 0 radical (unpaired) electrons. The van der Waals surface area contributed by atoms with Gasteiger partial charge in [0.2, 0.25) is 0 Å². The molecule has 15 heavy (non-hydrogen) atoms. The van der Waals surface area contributed by atoms with E-state index in [1.54, 1.807) is 0 Å². The van der Waals surface area contributed by atoms with Crippen molar-refractivity contribution in [2.24, 2.45) is 5.73 Å². The Morgan fingerprint density at radius 1 is 1.00 bits per heavy atom. The SMILES string of the molecule is NCCCNCCCNCCCC(=O)O. The Balaban J connectivity index is 2.89. The highest BCUT2D eigenvalue weighted by atomic mass is 16.4. The average Bonchev–Trinajstić information content (AvgIpc) is 2.20. The topological polar surface area (TPSA) is 87.4 Å². The average molecular weight is 217 g/mol. The zero-order valence-corrected chi connectivity index (χ0v) is 9.30. The maximum Gasteiger partial charge on any atom is 0.303 e. The highest BCUT2D eigenvalue weighted by molar-refractivity contribution is 5.66. The molecule has 0 saturated carbocycles. The van der Waals surface area contributed by atoms with Crippen molar-refractivity contribution >= 4 is 5.97 Å². The van der Waals surface area contributed by atoms with E-state index >= 15 is 0 Å². The van der Waals surface area contributed by atoms with Crippen molar-refractivity contribution in [3.63, 3.8) is 0 Å². The highest BCUT2D eigenvalue weighted by Crippen LogP contribution is 1.85. The van der Waals surface area contributed by atoms with Crippen LogP contribution in [-0.4, -0.2) is 43.8 Å². The van der Waals surface area contributed by atoms with Crippen LogP contribution >= 0.6 is 0 Å². The van der Waals surface area contributed by atoms with Crippen molar-refractivity contribution in [3.8, 4) is 0 Å². The van der Waals surface area contributed by atoms with Gasteiger partial charge >= 0.3 is 5.97 Å². The molecule has 0 spiro atoms. The van der Waals surface area contributed by atoms with Crippen molar-refractivity contribution < 1.29 is 9.90 Å². The van der Waals surface area contributed by atoms with Gasteiger partial charge in [0, 0.05) is 6.42 Å². The van der Waals surface area contributed by atoms with Gasteiger partial charge in [0.1, 0.15) is 0 Å².